The Kier molecular flexibility index (Phi) is 8.38. The van der Waals surface area contributed by atoms with Crippen molar-refractivity contribution < 1.29 is 19.4 Å². The van der Waals surface area contributed by atoms with Gasteiger partial charge in [-0.05, 0) is 82.9 Å². The second-order valence-electron chi connectivity index (χ2n) is 11.3. The first-order chi connectivity index (χ1) is 19.6. The van der Waals surface area contributed by atoms with Crippen LogP contribution in [0.1, 0.15) is 57.0 Å². The molecule has 1 saturated heterocycles. The van der Waals surface area contributed by atoms with Crippen molar-refractivity contribution in [2.24, 2.45) is 0 Å². The summed E-state index contributed by atoms with van der Waals surface area (Å²) in [6.07, 6.45) is 11.0. The zero-order valence-electron chi connectivity index (χ0n) is 23.8. The molecule has 3 aromatic rings. The number of β-amino-alcohol motifs (C(OH)–C–C–N with tert-alkyl or cyclic N) is 1. The van der Waals surface area contributed by atoms with Crippen LogP contribution >= 0.6 is 11.8 Å². The van der Waals surface area contributed by atoms with Gasteiger partial charge >= 0.3 is 6.09 Å². The molecule has 0 radical (unpaired) electrons. The van der Waals surface area contributed by atoms with Crippen molar-refractivity contribution >= 4 is 17.9 Å². The lowest BCUT2D eigenvalue weighted by atomic mass is 9.94. The molecule has 1 aliphatic carbocycles. The Hall–Kier alpha value is -3.81. The molecular weight excluding hydrogens is 538 g/mol. The van der Waals surface area contributed by atoms with Crippen molar-refractivity contribution in [2.45, 2.75) is 75.2 Å². The summed E-state index contributed by atoms with van der Waals surface area (Å²) < 4.78 is 13.5. The average molecular weight is 574 g/mol. The van der Waals surface area contributed by atoms with Gasteiger partial charge in [0, 0.05) is 17.0 Å². The first kappa shape index (κ1) is 28.7. The van der Waals surface area contributed by atoms with Gasteiger partial charge in [0.05, 0.1) is 25.0 Å². The fraction of sp³-hybridized carbons (Fsp3) is 0.419. The summed E-state index contributed by atoms with van der Waals surface area (Å²) in [6.45, 7) is 7.84. The standard InChI is InChI=1S/C31H35N5O4S/c1-22-17-25(13-12-23(22)14-15-31(38)20-35(21-31)29(37)40-30(2,3)4)39-19-27-33-34-28(41-26-10-6-5-7-11-26)36(27)24-9-8-16-32-18-24/h6,8-10,12-13,16-18,26,38H,5,7,11,19-21H2,1-4H3. The van der Waals surface area contributed by atoms with E-state index in [0.717, 1.165) is 34.8 Å². The predicted octanol–water partition coefficient (Wildman–Crippen LogP) is 5.08. The molecule has 214 valence electrons. The molecule has 0 spiro atoms. The molecule has 2 aromatic heterocycles. The number of hydrogen-bond donors (Lipinski definition) is 1. The second kappa shape index (κ2) is 12.0. The van der Waals surface area contributed by atoms with Crippen molar-refractivity contribution in [3.8, 4) is 23.3 Å². The van der Waals surface area contributed by atoms with Crippen LogP contribution in [-0.4, -0.2) is 65.4 Å². The lowest BCUT2D eigenvalue weighted by Gasteiger charge is -2.43. The maximum Gasteiger partial charge on any atom is 0.410 e. The van der Waals surface area contributed by atoms with Crippen LogP contribution in [0.4, 0.5) is 4.79 Å². The van der Waals surface area contributed by atoms with E-state index in [-0.39, 0.29) is 19.7 Å². The van der Waals surface area contributed by atoms with E-state index in [4.69, 9.17) is 9.47 Å². The number of hydrogen-bond acceptors (Lipinski definition) is 8. The number of aromatic nitrogens is 4. The van der Waals surface area contributed by atoms with Gasteiger partial charge in [-0.1, -0.05) is 35.8 Å². The fourth-order valence-corrected chi connectivity index (χ4v) is 5.70. The molecule has 1 N–H and O–H groups in total. The lowest BCUT2D eigenvalue weighted by molar-refractivity contribution is -0.0637. The Morgan fingerprint density at radius 2 is 2.07 bits per heavy atom. The normalized spacial score (nSPS) is 17.8. The number of aliphatic hydroxyl groups is 1. The summed E-state index contributed by atoms with van der Waals surface area (Å²) in [6, 6.07) is 9.51. The Morgan fingerprint density at radius 1 is 1.24 bits per heavy atom. The summed E-state index contributed by atoms with van der Waals surface area (Å²) in [4.78, 5) is 17.9. The third-order valence-electron chi connectivity index (χ3n) is 6.62. The number of benzene rings is 1. The van der Waals surface area contributed by atoms with Crippen molar-refractivity contribution in [3.05, 3.63) is 71.8 Å². The van der Waals surface area contributed by atoms with E-state index >= 15 is 0 Å². The van der Waals surface area contributed by atoms with Crippen LogP contribution in [0.5, 0.6) is 5.75 Å². The lowest BCUT2D eigenvalue weighted by Crippen LogP contribution is -2.63. The number of carbonyl (C=O) groups is 1. The van der Waals surface area contributed by atoms with Crippen molar-refractivity contribution in [3.63, 3.8) is 0 Å². The second-order valence-corrected chi connectivity index (χ2v) is 12.6. The first-order valence-electron chi connectivity index (χ1n) is 13.7. The average Bonchev–Trinajstić information content (AvgIpc) is 3.32. The monoisotopic (exact) mass is 573 g/mol. The zero-order chi connectivity index (χ0) is 29.0. The molecule has 10 heteroatoms. The Bertz CT molecular complexity index is 1480. The zero-order valence-corrected chi connectivity index (χ0v) is 24.6. The summed E-state index contributed by atoms with van der Waals surface area (Å²) in [7, 11) is 0. The van der Waals surface area contributed by atoms with Gasteiger partial charge in [-0.3, -0.25) is 9.55 Å². The minimum atomic E-state index is -1.25. The van der Waals surface area contributed by atoms with E-state index in [9.17, 15) is 9.90 Å². The molecule has 1 fully saturated rings. The summed E-state index contributed by atoms with van der Waals surface area (Å²) in [5, 5.41) is 20.8. The predicted molar refractivity (Wildman–Crippen MR) is 157 cm³/mol. The van der Waals surface area contributed by atoms with Gasteiger partial charge in [0.25, 0.3) is 0 Å². The quantitative estimate of drug-likeness (QED) is 0.322. The molecule has 1 aromatic carbocycles. The molecule has 1 unspecified atom stereocenters. The van der Waals surface area contributed by atoms with E-state index in [2.05, 4.69) is 39.2 Å². The van der Waals surface area contributed by atoms with Crippen LogP contribution in [0.15, 0.2) is 60.0 Å². The molecule has 2 aliphatic rings. The van der Waals surface area contributed by atoms with Gasteiger partial charge < -0.3 is 19.5 Å². The number of thioether (sulfide) groups is 1. The number of nitrogens with zero attached hydrogens (tertiary/aromatic N) is 5. The molecule has 1 atom stereocenters. The van der Waals surface area contributed by atoms with Gasteiger partial charge in [-0.15, -0.1) is 10.2 Å². The Balaban J connectivity index is 1.24. The summed E-state index contributed by atoms with van der Waals surface area (Å²) >= 11 is 1.71. The maximum absolute atomic E-state index is 12.2. The summed E-state index contributed by atoms with van der Waals surface area (Å²) in [5.74, 6) is 7.34. The minimum Gasteiger partial charge on any atom is -0.486 e. The van der Waals surface area contributed by atoms with Crippen LogP contribution in [0.2, 0.25) is 0 Å². The van der Waals surface area contributed by atoms with Gasteiger partial charge in [-0.2, -0.15) is 0 Å². The topological polar surface area (TPSA) is 103 Å². The number of likely N-dealkylation sites (tertiary alicyclic amines) is 1. The van der Waals surface area contributed by atoms with Crippen LogP contribution in [0, 0.1) is 18.8 Å². The molecule has 3 heterocycles. The molecule has 41 heavy (non-hydrogen) atoms. The van der Waals surface area contributed by atoms with Crippen LogP contribution in [-0.2, 0) is 11.3 Å². The van der Waals surface area contributed by atoms with Gasteiger partial charge in [0.15, 0.2) is 16.6 Å². The van der Waals surface area contributed by atoms with Gasteiger partial charge in [-0.25, -0.2) is 4.79 Å². The number of allylic oxidation sites excluding steroid dienone is 1. The summed E-state index contributed by atoms with van der Waals surface area (Å²) in [5.41, 5.74) is 0.743. The van der Waals surface area contributed by atoms with Crippen LogP contribution in [0.3, 0.4) is 0 Å². The molecule has 1 amide bonds. The fourth-order valence-electron chi connectivity index (χ4n) is 4.55. The molecule has 0 bridgehead atoms. The van der Waals surface area contributed by atoms with Crippen molar-refractivity contribution in [2.75, 3.05) is 13.1 Å². The van der Waals surface area contributed by atoms with E-state index in [1.807, 2.05) is 62.6 Å². The number of ether oxygens (including phenoxy) is 2. The first-order valence-corrected chi connectivity index (χ1v) is 14.6. The highest BCUT2D eigenvalue weighted by atomic mass is 32.2. The Morgan fingerprint density at radius 3 is 2.76 bits per heavy atom. The van der Waals surface area contributed by atoms with Gasteiger partial charge in [0.2, 0.25) is 0 Å². The molecule has 1 aliphatic heterocycles. The third-order valence-corrected chi connectivity index (χ3v) is 7.79. The van der Waals surface area contributed by atoms with E-state index in [1.165, 1.54) is 11.3 Å². The third kappa shape index (κ3) is 7.29. The molecular formula is C31H35N5O4S. The Labute approximate surface area is 245 Å². The van der Waals surface area contributed by atoms with E-state index in [0.29, 0.717) is 16.8 Å². The molecule has 5 rings (SSSR count). The number of aryl methyl sites for hydroxylation is 1. The molecule has 9 nitrogen and oxygen atoms in total. The maximum atomic E-state index is 12.2. The molecule has 0 saturated carbocycles. The van der Waals surface area contributed by atoms with Crippen molar-refractivity contribution in [1.82, 2.24) is 24.6 Å². The SMILES string of the molecule is Cc1cc(OCc2nnc(SC3C=CCCC3)n2-c2cccnc2)ccc1C#CC1(O)CN(C(=O)OC(C)(C)C)C1. The van der Waals surface area contributed by atoms with Crippen molar-refractivity contribution in [1.29, 1.82) is 0 Å². The number of amides is 1. The smallest absolute Gasteiger partial charge is 0.410 e. The number of rotatable bonds is 6. The highest BCUT2D eigenvalue weighted by molar-refractivity contribution is 7.99. The highest BCUT2D eigenvalue weighted by Gasteiger charge is 2.44. The highest BCUT2D eigenvalue weighted by Crippen LogP contribution is 2.31. The largest absolute Gasteiger partial charge is 0.486 e. The van der Waals surface area contributed by atoms with E-state index < -0.39 is 17.3 Å². The van der Waals surface area contributed by atoms with Crippen LogP contribution < -0.4 is 4.74 Å². The van der Waals surface area contributed by atoms with Crippen LogP contribution in [0.25, 0.3) is 5.69 Å². The minimum absolute atomic E-state index is 0.115. The number of pyridine rings is 1. The van der Waals surface area contributed by atoms with E-state index in [1.54, 1.807) is 24.2 Å². The van der Waals surface area contributed by atoms with Gasteiger partial charge in [0.1, 0.15) is 18.0 Å². The number of carbonyl (C=O) groups excluding carboxylic acids is 1.